The zero-order chi connectivity index (χ0) is 17.6. The molecule has 1 heterocycles. The van der Waals surface area contributed by atoms with Gasteiger partial charge in [0.1, 0.15) is 0 Å². The minimum atomic E-state index is -4.34. The molecule has 2 N–H and O–H groups in total. The summed E-state index contributed by atoms with van der Waals surface area (Å²) in [4.78, 5) is 4.05. The monoisotopic (exact) mass is 339 g/mol. The third-order valence-electron chi connectivity index (χ3n) is 3.33. The smallest absolute Gasteiger partial charge is 0.355 e. The van der Waals surface area contributed by atoms with Crippen molar-refractivity contribution in [2.75, 3.05) is 13.6 Å². The van der Waals surface area contributed by atoms with Gasteiger partial charge in [-0.3, -0.25) is 9.67 Å². The van der Waals surface area contributed by atoms with E-state index in [0.717, 1.165) is 17.7 Å². The average molecular weight is 339 g/mol. The number of halogens is 3. The molecule has 0 amide bonds. The van der Waals surface area contributed by atoms with Crippen molar-refractivity contribution in [3.63, 3.8) is 0 Å². The van der Waals surface area contributed by atoms with Crippen molar-refractivity contribution < 1.29 is 13.2 Å². The molecule has 2 rings (SSSR count). The summed E-state index contributed by atoms with van der Waals surface area (Å²) >= 11 is 0. The van der Waals surface area contributed by atoms with Crippen molar-refractivity contribution >= 4 is 5.96 Å². The third-order valence-corrected chi connectivity index (χ3v) is 3.33. The van der Waals surface area contributed by atoms with Gasteiger partial charge in [-0.05, 0) is 30.2 Å². The van der Waals surface area contributed by atoms with E-state index < -0.39 is 11.7 Å². The fourth-order valence-electron chi connectivity index (χ4n) is 2.14. The van der Waals surface area contributed by atoms with Gasteiger partial charge in [-0.15, -0.1) is 0 Å². The van der Waals surface area contributed by atoms with E-state index in [1.54, 1.807) is 19.3 Å². The number of benzene rings is 1. The van der Waals surface area contributed by atoms with Gasteiger partial charge in [-0.1, -0.05) is 12.1 Å². The van der Waals surface area contributed by atoms with Crippen LogP contribution >= 0.6 is 0 Å². The Bertz CT molecular complexity index is 691. The molecular weight excluding hydrogens is 319 g/mol. The maximum absolute atomic E-state index is 12.7. The number of hydrogen-bond donors (Lipinski definition) is 2. The van der Waals surface area contributed by atoms with Crippen LogP contribution in [0.15, 0.2) is 41.7 Å². The van der Waals surface area contributed by atoms with Crippen molar-refractivity contribution in [1.82, 2.24) is 20.4 Å². The average Bonchev–Trinajstić information content (AvgIpc) is 2.95. The van der Waals surface area contributed by atoms with Crippen molar-refractivity contribution in [3.8, 4) is 0 Å². The first kappa shape index (κ1) is 17.8. The molecule has 2 aromatic rings. The Morgan fingerprint density at radius 2 is 2.08 bits per heavy atom. The normalized spacial score (nSPS) is 12.3. The van der Waals surface area contributed by atoms with Gasteiger partial charge in [0.25, 0.3) is 0 Å². The summed E-state index contributed by atoms with van der Waals surface area (Å²) in [5, 5.41) is 10.3. The second-order valence-corrected chi connectivity index (χ2v) is 5.33. The van der Waals surface area contributed by atoms with Crippen molar-refractivity contribution in [2.24, 2.45) is 4.99 Å². The summed E-state index contributed by atoms with van der Waals surface area (Å²) in [6, 6.07) is 5.23. The van der Waals surface area contributed by atoms with Crippen LogP contribution in [-0.2, 0) is 19.3 Å². The SMILES string of the molecule is CN=C(NCCn1cc(C)cn1)NCc1cccc(C(F)(F)F)c1. The van der Waals surface area contributed by atoms with Gasteiger partial charge in [0, 0.05) is 26.3 Å². The number of alkyl halides is 3. The first-order valence-electron chi connectivity index (χ1n) is 7.48. The van der Waals surface area contributed by atoms with Crippen molar-refractivity contribution in [3.05, 3.63) is 53.3 Å². The molecule has 0 aliphatic carbocycles. The van der Waals surface area contributed by atoms with Gasteiger partial charge in [0.2, 0.25) is 0 Å². The van der Waals surface area contributed by atoms with Gasteiger partial charge < -0.3 is 10.6 Å². The molecule has 130 valence electrons. The quantitative estimate of drug-likeness (QED) is 0.650. The highest BCUT2D eigenvalue weighted by Gasteiger charge is 2.30. The summed E-state index contributed by atoms with van der Waals surface area (Å²) in [7, 11) is 1.61. The van der Waals surface area contributed by atoms with Gasteiger partial charge in [-0.25, -0.2) is 0 Å². The van der Waals surface area contributed by atoms with Crippen LogP contribution in [-0.4, -0.2) is 29.3 Å². The van der Waals surface area contributed by atoms with E-state index in [1.807, 2.05) is 17.8 Å². The van der Waals surface area contributed by atoms with Crippen LogP contribution in [0.5, 0.6) is 0 Å². The molecule has 24 heavy (non-hydrogen) atoms. The van der Waals surface area contributed by atoms with Crippen LogP contribution in [0.4, 0.5) is 13.2 Å². The van der Waals surface area contributed by atoms with Crippen LogP contribution < -0.4 is 10.6 Å². The number of nitrogens with one attached hydrogen (secondary N) is 2. The molecule has 0 radical (unpaired) electrons. The Morgan fingerprint density at radius 3 is 2.71 bits per heavy atom. The zero-order valence-electron chi connectivity index (χ0n) is 13.6. The fraction of sp³-hybridized carbons (Fsp3) is 0.375. The number of aromatic nitrogens is 2. The van der Waals surface area contributed by atoms with Gasteiger partial charge >= 0.3 is 6.18 Å². The molecule has 0 bridgehead atoms. The predicted molar refractivity (Wildman–Crippen MR) is 86.6 cm³/mol. The molecule has 0 atom stereocenters. The highest BCUT2D eigenvalue weighted by molar-refractivity contribution is 5.79. The van der Waals surface area contributed by atoms with E-state index in [2.05, 4.69) is 20.7 Å². The largest absolute Gasteiger partial charge is 0.416 e. The second-order valence-electron chi connectivity index (χ2n) is 5.33. The van der Waals surface area contributed by atoms with Crippen LogP contribution in [0.3, 0.4) is 0 Å². The van der Waals surface area contributed by atoms with E-state index in [4.69, 9.17) is 0 Å². The van der Waals surface area contributed by atoms with Gasteiger partial charge in [-0.2, -0.15) is 18.3 Å². The summed E-state index contributed by atoms with van der Waals surface area (Å²) in [6.07, 6.45) is -0.626. The van der Waals surface area contributed by atoms with Gasteiger partial charge in [0.05, 0.1) is 18.3 Å². The number of guanidine groups is 1. The molecule has 0 spiro atoms. The van der Waals surface area contributed by atoms with Crippen LogP contribution in [0.25, 0.3) is 0 Å². The van der Waals surface area contributed by atoms with E-state index in [9.17, 15) is 13.2 Å². The lowest BCUT2D eigenvalue weighted by Gasteiger charge is -2.13. The molecule has 8 heteroatoms. The molecule has 0 unspecified atom stereocenters. The molecule has 1 aromatic heterocycles. The van der Waals surface area contributed by atoms with Crippen molar-refractivity contribution in [1.29, 1.82) is 0 Å². The highest BCUT2D eigenvalue weighted by Crippen LogP contribution is 2.29. The first-order valence-corrected chi connectivity index (χ1v) is 7.48. The Hall–Kier alpha value is -2.51. The number of rotatable bonds is 5. The maximum atomic E-state index is 12.7. The van der Waals surface area contributed by atoms with Crippen LogP contribution in [0.1, 0.15) is 16.7 Å². The number of nitrogens with zero attached hydrogens (tertiary/aromatic N) is 3. The van der Waals surface area contributed by atoms with E-state index in [1.165, 1.54) is 6.07 Å². The topological polar surface area (TPSA) is 54.2 Å². The number of hydrogen-bond acceptors (Lipinski definition) is 2. The van der Waals surface area contributed by atoms with Crippen LogP contribution in [0, 0.1) is 6.92 Å². The number of aryl methyl sites for hydroxylation is 1. The summed E-state index contributed by atoms with van der Waals surface area (Å²) in [5.41, 5.74) is 0.969. The zero-order valence-corrected chi connectivity index (χ0v) is 13.6. The minimum absolute atomic E-state index is 0.254. The second kappa shape index (κ2) is 7.85. The van der Waals surface area contributed by atoms with E-state index >= 15 is 0 Å². The summed E-state index contributed by atoms with van der Waals surface area (Å²) in [5.74, 6) is 0.524. The minimum Gasteiger partial charge on any atom is -0.355 e. The molecule has 0 fully saturated rings. The molecule has 0 aliphatic heterocycles. The Labute approximate surface area is 138 Å². The third kappa shape index (κ3) is 5.29. The first-order chi connectivity index (χ1) is 11.4. The lowest BCUT2D eigenvalue weighted by molar-refractivity contribution is -0.137. The lowest BCUT2D eigenvalue weighted by atomic mass is 10.1. The summed E-state index contributed by atoms with van der Waals surface area (Å²) in [6.45, 7) is 3.48. The molecule has 5 nitrogen and oxygen atoms in total. The Kier molecular flexibility index (Phi) is 5.83. The van der Waals surface area contributed by atoms with E-state index in [-0.39, 0.29) is 6.54 Å². The Morgan fingerprint density at radius 1 is 1.29 bits per heavy atom. The lowest BCUT2D eigenvalue weighted by Crippen LogP contribution is -2.38. The van der Waals surface area contributed by atoms with Gasteiger partial charge in [0.15, 0.2) is 5.96 Å². The van der Waals surface area contributed by atoms with Crippen LogP contribution in [0.2, 0.25) is 0 Å². The molecule has 0 saturated heterocycles. The van der Waals surface area contributed by atoms with E-state index in [0.29, 0.717) is 24.6 Å². The molecular formula is C16H20F3N5. The Balaban J connectivity index is 1.83. The molecule has 0 aliphatic rings. The van der Waals surface area contributed by atoms with Crippen molar-refractivity contribution in [2.45, 2.75) is 26.2 Å². The fourth-order valence-corrected chi connectivity index (χ4v) is 2.14. The maximum Gasteiger partial charge on any atom is 0.416 e. The number of aliphatic imine (C=N–C) groups is 1. The molecule has 0 saturated carbocycles. The highest BCUT2D eigenvalue weighted by atomic mass is 19.4. The predicted octanol–water partition coefficient (Wildman–Crippen LogP) is 2.58. The summed E-state index contributed by atoms with van der Waals surface area (Å²) < 4.78 is 39.9. The standard InChI is InChI=1S/C16H20F3N5/c1-12-9-23-24(11-12)7-6-21-15(20-2)22-10-13-4-3-5-14(8-13)16(17,18)19/h3-5,8-9,11H,6-7,10H2,1-2H3,(H2,20,21,22). The molecule has 1 aromatic carbocycles.